The van der Waals surface area contributed by atoms with Crippen LogP contribution in [-0.2, 0) is 11.2 Å². The summed E-state index contributed by atoms with van der Waals surface area (Å²) in [6.45, 7) is 6.47. The number of aromatic nitrogens is 2. The highest BCUT2D eigenvalue weighted by molar-refractivity contribution is 5.81. The van der Waals surface area contributed by atoms with Crippen LogP contribution in [0.25, 0.3) is 0 Å². The average molecular weight is 234 g/mol. The molecule has 1 fully saturated rings. The van der Waals surface area contributed by atoms with Gasteiger partial charge in [-0.15, -0.1) is 0 Å². The fourth-order valence-electron chi connectivity index (χ4n) is 2.55. The third kappa shape index (κ3) is 2.96. The van der Waals surface area contributed by atoms with Crippen molar-refractivity contribution >= 4 is 5.78 Å². The maximum atomic E-state index is 11.9. The molecule has 1 aliphatic carbocycles. The molecule has 0 amide bonds. The molecule has 0 aliphatic heterocycles. The van der Waals surface area contributed by atoms with E-state index < -0.39 is 0 Å². The van der Waals surface area contributed by atoms with E-state index in [9.17, 15) is 4.79 Å². The van der Waals surface area contributed by atoms with Crippen LogP contribution in [0.4, 0.5) is 0 Å². The molecular weight excluding hydrogens is 212 g/mol. The molecule has 3 heteroatoms. The molecule has 1 aromatic rings. The lowest BCUT2D eigenvalue weighted by Crippen LogP contribution is -2.25. The Hall–Kier alpha value is -1.12. The van der Waals surface area contributed by atoms with E-state index >= 15 is 0 Å². The monoisotopic (exact) mass is 234 g/mol. The summed E-state index contributed by atoms with van der Waals surface area (Å²) < 4.78 is 1.96. The summed E-state index contributed by atoms with van der Waals surface area (Å²) in [5.74, 6) is 1.32. The summed E-state index contributed by atoms with van der Waals surface area (Å²) in [6.07, 6.45) is 5.69. The van der Waals surface area contributed by atoms with Crippen molar-refractivity contribution in [3.63, 3.8) is 0 Å². The molecule has 0 N–H and O–H groups in total. The van der Waals surface area contributed by atoms with Crippen LogP contribution >= 0.6 is 0 Å². The van der Waals surface area contributed by atoms with Crippen molar-refractivity contribution in [1.82, 2.24) is 9.78 Å². The molecule has 0 radical (unpaired) electrons. The van der Waals surface area contributed by atoms with Crippen molar-refractivity contribution < 1.29 is 4.79 Å². The van der Waals surface area contributed by atoms with E-state index in [0.29, 0.717) is 17.7 Å². The Labute approximate surface area is 103 Å². The van der Waals surface area contributed by atoms with E-state index in [4.69, 9.17) is 0 Å². The Morgan fingerprint density at radius 2 is 2.29 bits per heavy atom. The minimum atomic E-state index is 0.203. The molecule has 0 aromatic carbocycles. The fraction of sp³-hybridized carbons (Fsp3) is 0.714. The Bertz CT molecular complexity index is 395. The molecule has 0 bridgehead atoms. The number of ketones is 1. The highest BCUT2D eigenvalue weighted by atomic mass is 16.1. The van der Waals surface area contributed by atoms with Gasteiger partial charge in [0.1, 0.15) is 5.78 Å². The maximum Gasteiger partial charge on any atom is 0.136 e. The molecule has 3 nitrogen and oxygen atoms in total. The Morgan fingerprint density at radius 1 is 1.53 bits per heavy atom. The van der Waals surface area contributed by atoms with Gasteiger partial charge in [-0.3, -0.25) is 9.48 Å². The van der Waals surface area contributed by atoms with E-state index in [-0.39, 0.29) is 5.92 Å². The first-order valence-corrected chi connectivity index (χ1v) is 6.63. The molecule has 94 valence electrons. The summed E-state index contributed by atoms with van der Waals surface area (Å²) in [5.41, 5.74) is 1.06. The van der Waals surface area contributed by atoms with Crippen LogP contribution in [0.15, 0.2) is 12.3 Å². The van der Waals surface area contributed by atoms with Gasteiger partial charge < -0.3 is 0 Å². The van der Waals surface area contributed by atoms with Gasteiger partial charge in [0.25, 0.3) is 0 Å². The lowest BCUT2D eigenvalue weighted by atomic mass is 9.79. The summed E-state index contributed by atoms with van der Waals surface area (Å²) in [6, 6.07) is 2.44. The Kier molecular flexibility index (Phi) is 3.65. The minimum Gasteiger partial charge on any atom is -0.299 e. The minimum absolute atomic E-state index is 0.203. The lowest BCUT2D eigenvalue weighted by Gasteiger charge is -2.24. The number of nitrogens with zero attached hydrogens (tertiary/aromatic N) is 2. The average Bonchev–Trinajstić information content (AvgIpc) is 2.72. The zero-order valence-electron chi connectivity index (χ0n) is 11.0. The van der Waals surface area contributed by atoms with Gasteiger partial charge in [0.2, 0.25) is 0 Å². The molecule has 1 aliphatic rings. The largest absolute Gasteiger partial charge is 0.299 e. The van der Waals surface area contributed by atoms with Crippen molar-refractivity contribution in [3.8, 4) is 0 Å². The van der Waals surface area contributed by atoms with Gasteiger partial charge in [-0.2, -0.15) is 5.10 Å². The van der Waals surface area contributed by atoms with E-state index in [2.05, 4.69) is 25.9 Å². The smallest absolute Gasteiger partial charge is 0.136 e. The Morgan fingerprint density at radius 3 is 2.94 bits per heavy atom. The first kappa shape index (κ1) is 12.3. The number of hydrogen-bond donors (Lipinski definition) is 0. The van der Waals surface area contributed by atoms with E-state index in [1.54, 1.807) is 0 Å². The second kappa shape index (κ2) is 5.03. The zero-order chi connectivity index (χ0) is 12.4. The lowest BCUT2D eigenvalue weighted by molar-refractivity contribution is -0.125. The highest BCUT2D eigenvalue weighted by Gasteiger charge is 2.27. The van der Waals surface area contributed by atoms with Gasteiger partial charge in [0.15, 0.2) is 0 Å². The van der Waals surface area contributed by atoms with Crippen molar-refractivity contribution in [2.45, 2.75) is 52.5 Å². The molecule has 1 aromatic heterocycles. The third-order valence-corrected chi connectivity index (χ3v) is 3.67. The van der Waals surface area contributed by atoms with E-state index in [1.165, 1.54) is 0 Å². The summed E-state index contributed by atoms with van der Waals surface area (Å²) in [4.78, 5) is 11.9. The zero-order valence-corrected chi connectivity index (χ0v) is 11.0. The maximum absolute atomic E-state index is 11.9. The molecule has 2 rings (SSSR count). The summed E-state index contributed by atoms with van der Waals surface area (Å²) in [7, 11) is 0. The molecule has 0 spiro atoms. The molecule has 1 heterocycles. The molecule has 0 saturated heterocycles. The molecule has 2 atom stereocenters. The number of carbonyl (C=O) groups is 1. The van der Waals surface area contributed by atoms with Crippen LogP contribution in [-0.4, -0.2) is 15.6 Å². The van der Waals surface area contributed by atoms with E-state index in [0.717, 1.165) is 31.4 Å². The van der Waals surface area contributed by atoms with Gasteiger partial charge in [-0.25, -0.2) is 0 Å². The normalized spacial score (nSPS) is 25.5. The van der Waals surface area contributed by atoms with E-state index in [1.807, 2.05) is 16.9 Å². The summed E-state index contributed by atoms with van der Waals surface area (Å²) in [5, 5.41) is 4.53. The van der Waals surface area contributed by atoms with Crippen LogP contribution in [0, 0.1) is 11.8 Å². The van der Waals surface area contributed by atoms with Gasteiger partial charge in [-0.1, -0.05) is 6.92 Å². The van der Waals surface area contributed by atoms with Crippen LogP contribution in [0.1, 0.15) is 51.8 Å². The van der Waals surface area contributed by atoms with Crippen molar-refractivity contribution in [2.24, 2.45) is 11.8 Å². The topological polar surface area (TPSA) is 34.9 Å². The Balaban J connectivity index is 2.01. The third-order valence-electron chi connectivity index (χ3n) is 3.67. The number of carbonyl (C=O) groups excluding carboxylic acids is 1. The highest BCUT2D eigenvalue weighted by Crippen LogP contribution is 2.28. The second-order valence-electron chi connectivity index (χ2n) is 5.63. The van der Waals surface area contributed by atoms with Crippen molar-refractivity contribution in [1.29, 1.82) is 0 Å². The van der Waals surface area contributed by atoms with Gasteiger partial charge >= 0.3 is 0 Å². The molecule has 17 heavy (non-hydrogen) atoms. The summed E-state index contributed by atoms with van der Waals surface area (Å²) >= 11 is 0. The quantitative estimate of drug-likeness (QED) is 0.805. The SMILES string of the molecule is CC1CCC(=O)C(Cc2ccn(C(C)C)n2)C1. The number of rotatable bonds is 3. The van der Waals surface area contributed by atoms with Gasteiger partial charge in [-0.05, 0) is 38.7 Å². The van der Waals surface area contributed by atoms with Gasteiger partial charge in [0, 0.05) is 31.0 Å². The predicted molar refractivity (Wildman–Crippen MR) is 67.8 cm³/mol. The van der Waals surface area contributed by atoms with Crippen LogP contribution in [0.2, 0.25) is 0 Å². The van der Waals surface area contributed by atoms with Crippen molar-refractivity contribution in [3.05, 3.63) is 18.0 Å². The predicted octanol–water partition coefficient (Wildman–Crippen LogP) is 3.01. The first-order valence-electron chi connectivity index (χ1n) is 6.63. The van der Waals surface area contributed by atoms with Crippen LogP contribution < -0.4 is 0 Å². The fourth-order valence-corrected chi connectivity index (χ4v) is 2.55. The number of Topliss-reactive ketones (excluding diaryl/α,β-unsaturated/α-hetero) is 1. The second-order valence-corrected chi connectivity index (χ2v) is 5.63. The van der Waals surface area contributed by atoms with Crippen molar-refractivity contribution in [2.75, 3.05) is 0 Å². The molecule has 2 unspecified atom stereocenters. The number of hydrogen-bond acceptors (Lipinski definition) is 2. The molecule has 1 saturated carbocycles. The van der Waals surface area contributed by atoms with Crippen LogP contribution in [0.5, 0.6) is 0 Å². The van der Waals surface area contributed by atoms with Crippen LogP contribution in [0.3, 0.4) is 0 Å². The molecular formula is C14H22N2O. The standard InChI is InChI=1S/C14H22N2O/c1-10(2)16-7-6-13(15-16)9-12-8-11(3)4-5-14(12)17/h6-7,10-12H,4-5,8-9H2,1-3H3. The first-order chi connectivity index (χ1) is 8.06. The van der Waals surface area contributed by atoms with Gasteiger partial charge in [0.05, 0.1) is 5.69 Å².